The topological polar surface area (TPSA) is 41.1 Å². The third-order valence-electron chi connectivity index (χ3n) is 4.35. The maximum atomic E-state index is 12.5. The molecule has 19 heavy (non-hydrogen) atoms. The van der Waals surface area contributed by atoms with Crippen LogP contribution in [0.2, 0.25) is 0 Å². The van der Waals surface area contributed by atoms with Crippen LogP contribution in [0, 0.1) is 11.8 Å². The van der Waals surface area contributed by atoms with Crippen molar-refractivity contribution in [1.82, 2.24) is 10.6 Å². The third-order valence-corrected chi connectivity index (χ3v) is 4.35. The largest absolute Gasteiger partial charge is 0.391 e. The van der Waals surface area contributed by atoms with Crippen molar-refractivity contribution >= 4 is 5.91 Å². The second kappa shape index (κ2) is 5.69. The van der Waals surface area contributed by atoms with E-state index < -0.39 is 12.1 Å². The van der Waals surface area contributed by atoms with Gasteiger partial charge in [0.2, 0.25) is 5.91 Å². The van der Waals surface area contributed by atoms with Crippen molar-refractivity contribution < 1.29 is 18.0 Å². The Morgan fingerprint density at radius 3 is 2.26 bits per heavy atom. The third kappa shape index (κ3) is 3.61. The van der Waals surface area contributed by atoms with Crippen LogP contribution in [-0.2, 0) is 4.79 Å². The zero-order valence-electron chi connectivity index (χ0n) is 11.1. The molecule has 1 aliphatic heterocycles. The monoisotopic (exact) mass is 278 g/mol. The molecule has 3 nitrogen and oxygen atoms in total. The molecule has 110 valence electrons. The number of halogens is 3. The average Bonchev–Trinajstić information content (AvgIpc) is 2.75. The lowest BCUT2D eigenvalue weighted by Gasteiger charge is -2.31. The number of carbonyl (C=O) groups is 1. The van der Waals surface area contributed by atoms with Crippen LogP contribution in [0.5, 0.6) is 0 Å². The van der Waals surface area contributed by atoms with Gasteiger partial charge in [-0.15, -0.1) is 0 Å². The fourth-order valence-electron chi connectivity index (χ4n) is 3.04. The van der Waals surface area contributed by atoms with Crippen LogP contribution in [0.3, 0.4) is 0 Å². The van der Waals surface area contributed by atoms with E-state index >= 15 is 0 Å². The van der Waals surface area contributed by atoms with Gasteiger partial charge in [-0.1, -0.05) is 6.92 Å². The van der Waals surface area contributed by atoms with E-state index in [1.165, 1.54) is 0 Å². The number of rotatable bonds is 2. The summed E-state index contributed by atoms with van der Waals surface area (Å²) in [7, 11) is 0. The normalized spacial score (nSPS) is 36.2. The van der Waals surface area contributed by atoms with Crippen LogP contribution in [0.4, 0.5) is 13.2 Å². The fourth-order valence-corrected chi connectivity index (χ4v) is 3.04. The summed E-state index contributed by atoms with van der Waals surface area (Å²) in [4.78, 5) is 12.0. The second-order valence-electron chi connectivity index (χ2n) is 5.80. The summed E-state index contributed by atoms with van der Waals surface area (Å²) < 4.78 is 37.6. The summed E-state index contributed by atoms with van der Waals surface area (Å²) in [5.41, 5.74) is 0. The van der Waals surface area contributed by atoms with E-state index in [4.69, 9.17) is 0 Å². The number of nitrogens with one attached hydrogen (secondary N) is 2. The summed E-state index contributed by atoms with van der Waals surface area (Å²) in [5, 5.41) is 6.03. The van der Waals surface area contributed by atoms with Gasteiger partial charge in [0.05, 0.1) is 12.0 Å². The standard InChI is InChI=1S/C13H21F3N2O/c1-8-6-7-17-11(8)12(19)18-10-4-2-9(3-5-10)13(14,15)16/h8-11,17H,2-7H2,1H3,(H,18,19). The van der Waals surface area contributed by atoms with E-state index in [2.05, 4.69) is 10.6 Å². The van der Waals surface area contributed by atoms with Crippen molar-refractivity contribution in [3.63, 3.8) is 0 Å². The Labute approximate surface area is 111 Å². The van der Waals surface area contributed by atoms with Crippen LogP contribution in [0.15, 0.2) is 0 Å². The molecule has 2 rings (SSSR count). The van der Waals surface area contributed by atoms with E-state index in [0.29, 0.717) is 18.8 Å². The molecule has 2 aliphatic rings. The molecule has 2 unspecified atom stereocenters. The van der Waals surface area contributed by atoms with Gasteiger partial charge < -0.3 is 10.6 Å². The van der Waals surface area contributed by atoms with Crippen molar-refractivity contribution in [2.75, 3.05) is 6.54 Å². The lowest BCUT2D eigenvalue weighted by molar-refractivity contribution is -0.182. The Bertz CT molecular complexity index is 324. The van der Waals surface area contributed by atoms with Gasteiger partial charge in [-0.3, -0.25) is 4.79 Å². The van der Waals surface area contributed by atoms with Crippen LogP contribution < -0.4 is 10.6 Å². The number of carbonyl (C=O) groups excluding carboxylic acids is 1. The minimum absolute atomic E-state index is 0.0551. The predicted molar refractivity (Wildman–Crippen MR) is 65.5 cm³/mol. The van der Waals surface area contributed by atoms with Gasteiger partial charge in [-0.25, -0.2) is 0 Å². The van der Waals surface area contributed by atoms with Crippen LogP contribution in [0.1, 0.15) is 39.0 Å². The molecule has 2 N–H and O–H groups in total. The number of hydrogen-bond acceptors (Lipinski definition) is 2. The molecule has 0 spiro atoms. The molecule has 2 fully saturated rings. The first kappa shape index (κ1) is 14.6. The number of hydrogen-bond donors (Lipinski definition) is 2. The smallest absolute Gasteiger partial charge is 0.352 e. The van der Waals surface area contributed by atoms with E-state index in [1.54, 1.807) is 0 Å². The highest BCUT2D eigenvalue weighted by Gasteiger charge is 2.42. The van der Waals surface area contributed by atoms with Gasteiger partial charge in [0.25, 0.3) is 0 Å². The van der Waals surface area contributed by atoms with Crippen molar-refractivity contribution in [3.8, 4) is 0 Å². The minimum atomic E-state index is -4.09. The van der Waals surface area contributed by atoms with Gasteiger partial charge in [-0.2, -0.15) is 13.2 Å². The zero-order valence-corrected chi connectivity index (χ0v) is 11.1. The van der Waals surface area contributed by atoms with Crippen LogP contribution >= 0.6 is 0 Å². The molecule has 0 radical (unpaired) electrons. The van der Waals surface area contributed by atoms with Crippen molar-refractivity contribution in [2.24, 2.45) is 11.8 Å². The van der Waals surface area contributed by atoms with Gasteiger partial charge >= 0.3 is 6.18 Å². The molecule has 0 aromatic carbocycles. The summed E-state index contributed by atoms with van der Waals surface area (Å²) in [6, 6.07) is -0.277. The number of amides is 1. The summed E-state index contributed by atoms with van der Waals surface area (Å²) in [6.45, 7) is 2.85. The van der Waals surface area contributed by atoms with E-state index in [-0.39, 0.29) is 30.8 Å². The van der Waals surface area contributed by atoms with Gasteiger partial charge in [-0.05, 0) is 44.6 Å². The zero-order chi connectivity index (χ0) is 14.0. The highest BCUT2D eigenvalue weighted by Crippen LogP contribution is 2.37. The molecule has 1 aliphatic carbocycles. The molecule has 1 saturated carbocycles. The molecule has 1 heterocycles. The SMILES string of the molecule is CC1CCNC1C(=O)NC1CCC(C(F)(F)F)CC1. The minimum Gasteiger partial charge on any atom is -0.352 e. The van der Waals surface area contributed by atoms with Crippen molar-refractivity contribution in [3.05, 3.63) is 0 Å². The number of alkyl halides is 3. The molecule has 0 bridgehead atoms. The molecular weight excluding hydrogens is 257 g/mol. The van der Waals surface area contributed by atoms with Crippen LogP contribution in [-0.4, -0.2) is 30.7 Å². The van der Waals surface area contributed by atoms with E-state index in [1.807, 2.05) is 6.92 Å². The maximum absolute atomic E-state index is 12.5. The molecular formula is C13H21F3N2O. The second-order valence-corrected chi connectivity index (χ2v) is 5.80. The van der Waals surface area contributed by atoms with Crippen molar-refractivity contribution in [1.29, 1.82) is 0 Å². The predicted octanol–water partition coefficient (Wildman–Crippen LogP) is 2.22. The highest BCUT2D eigenvalue weighted by molar-refractivity contribution is 5.82. The molecule has 1 amide bonds. The van der Waals surface area contributed by atoms with Gasteiger partial charge in [0, 0.05) is 6.04 Å². The Kier molecular flexibility index (Phi) is 4.38. The Morgan fingerprint density at radius 1 is 1.16 bits per heavy atom. The summed E-state index contributed by atoms with van der Waals surface area (Å²) in [5.74, 6) is -0.948. The summed E-state index contributed by atoms with van der Waals surface area (Å²) in [6.07, 6.45) is -2.01. The van der Waals surface area contributed by atoms with Crippen molar-refractivity contribution in [2.45, 2.75) is 57.3 Å². The first-order valence-electron chi connectivity index (χ1n) is 6.98. The first-order valence-corrected chi connectivity index (χ1v) is 6.98. The molecule has 0 aromatic rings. The van der Waals surface area contributed by atoms with Gasteiger partial charge in [0.15, 0.2) is 0 Å². The first-order chi connectivity index (χ1) is 8.88. The van der Waals surface area contributed by atoms with Crippen LogP contribution in [0.25, 0.3) is 0 Å². The van der Waals surface area contributed by atoms with E-state index in [9.17, 15) is 18.0 Å². The molecule has 2 atom stereocenters. The Morgan fingerprint density at radius 2 is 1.79 bits per heavy atom. The highest BCUT2D eigenvalue weighted by atomic mass is 19.4. The molecule has 0 aromatic heterocycles. The Balaban J connectivity index is 1.78. The Hall–Kier alpha value is -0.780. The maximum Gasteiger partial charge on any atom is 0.391 e. The lowest BCUT2D eigenvalue weighted by atomic mass is 9.85. The fraction of sp³-hybridized carbons (Fsp3) is 0.923. The quantitative estimate of drug-likeness (QED) is 0.813. The average molecular weight is 278 g/mol. The summed E-state index contributed by atoms with van der Waals surface area (Å²) >= 11 is 0. The molecule has 6 heteroatoms. The molecule has 1 saturated heterocycles. The van der Waals surface area contributed by atoms with Gasteiger partial charge in [0.1, 0.15) is 0 Å². The lowest BCUT2D eigenvalue weighted by Crippen LogP contribution is -2.48. The van der Waals surface area contributed by atoms with E-state index in [0.717, 1.165) is 13.0 Å².